The van der Waals surface area contributed by atoms with Crippen molar-refractivity contribution in [3.05, 3.63) is 72.4 Å². The van der Waals surface area contributed by atoms with Crippen molar-refractivity contribution >= 4 is 5.97 Å². The van der Waals surface area contributed by atoms with Gasteiger partial charge < -0.3 is 4.74 Å². The quantitative estimate of drug-likeness (QED) is 0.476. The Bertz CT molecular complexity index is 536. The first-order chi connectivity index (χ1) is 9.77. The molecule has 5 nitrogen and oxygen atoms in total. The lowest BCUT2D eigenvalue weighted by atomic mass is 10.0. The lowest BCUT2D eigenvalue weighted by molar-refractivity contribution is -0.537. The summed E-state index contributed by atoms with van der Waals surface area (Å²) in [6.07, 6.45) is 19.3. The van der Waals surface area contributed by atoms with E-state index in [2.05, 4.69) is 5.04 Å². The van der Waals surface area contributed by atoms with Crippen LogP contribution in [0.25, 0.3) is 0 Å². The van der Waals surface area contributed by atoms with Crippen LogP contribution in [-0.4, -0.2) is 17.0 Å². The number of esters is 1. The Morgan fingerprint density at radius 3 is 2.40 bits per heavy atom. The van der Waals surface area contributed by atoms with Gasteiger partial charge in [-0.25, -0.2) is 5.26 Å². The van der Waals surface area contributed by atoms with Crippen LogP contribution in [0.1, 0.15) is 6.42 Å². The minimum Gasteiger partial charge on any atom is -0.422 e. The number of ether oxygens (including phenoxy) is 1. The maximum Gasteiger partial charge on any atom is 0.312 e. The first kappa shape index (κ1) is 14.2. The Balaban J connectivity index is 2.44. The fourth-order valence-corrected chi connectivity index (χ4v) is 1.79. The summed E-state index contributed by atoms with van der Waals surface area (Å²) in [4.78, 5) is 16.3. The summed E-state index contributed by atoms with van der Waals surface area (Å²) in [5, 5.41) is 12.3. The molecule has 0 bridgehead atoms. The molecule has 0 aromatic carbocycles. The van der Waals surface area contributed by atoms with Gasteiger partial charge in [0.1, 0.15) is 0 Å². The first-order valence-corrected chi connectivity index (χ1v) is 6.04. The Morgan fingerprint density at radius 2 is 1.70 bits per heavy atom. The molecule has 104 valence electrons. The highest BCUT2D eigenvalue weighted by Crippen LogP contribution is 2.31. The number of hydrogen-bond acceptors (Lipinski definition) is 5. The first-order valence-electron chi connectivity index (χ1n) is 6.04. The van der Waals surface area contributed by atoms with Gasteiger partial charge in [-0.1, -0.05) is 65.8 Å². The van der Waals surface area contributed by atoms with Crippen LogP contribution in [0.15, 0.2) is 72.4 Å². The fraction of sp³-hybridized carbons (Fsp3) is 0.133. The molecule has 2 rings (SSSR count). The molecule has 1 heterocycles. The van der Waals surface area contributed by atoms with Crippen LogP contribution in [0.5, 0.6) is 0 Å². The Labute approximate surface area is 116 Å². The van der Waals surface area contributed by atoms with Crippen molar-refractivity contribution in [2.45, 2.75) is 12.2 Å². The van der Waals surface area contributed by atoms with Crippen LogP contribution in [0.4, 0.5) is 0 Å². The van der Waals surface area contributed by atoms with Crippen molar-refractivity contribution in [2.24, 2.45) is 0 Å². The van der Waals surface area contributed by atoms with Gasteiger partial charge in [-0.2, -0.15) is 0 Å². The molecule has 1 aliphatic carbocycles. The van der Waals surface area contributed by atoms with Gasteiger partial charge in [-0.15, -0.1) is 4.89 Å². The number of rotatable bonds is 2. The smallest absolute Gasteiger partial charge is 0.312 e. The van der Waals surface area contributed by atoms with Crippen LogP contribution in [0, 0.1) is 0 Å². The molecule has 0 aromatic rings. The van der Waals surface area contributed by atoms with E-state index < -0.39 is 11.8 Å². The second-order valence-electron chi connectivity index (χ2n) is 4.04. The second-order valence-corrected chi connectivity index (χ2v) is 4.04. The summed E-state index contributed by atoms with van der Waals surface area (Å²) in [5.41, 5.74) is 0.546. The van der Waals surface area contributed by atoms with Gasteiger partial charge in [0, 0.05) is 5.57 Å². The van der Waals surface area contributed by atoms with E-state index in [1.807, 2.05) is 24.3 Å². The topological polar surface area (TPSA) is 65.0 Å². The number of allylic oxidation sites excluding steroid dienone is 8. The highest BCUT2D eigenvalue weighted by atomic mass is 17.5. The van der Waals surface area contributed by atoms with Gasteiger partial charge in [0.2, 0.25) is 0 Å². The van der Waals surface area contributed by atoms with Gasteiger partial charge in [0.05, 0.1) is 6.42 Å². The van der Waals surface area contributed by atoms with Crippen LogP contribution in [-0.2, 0) is 19.5 Å². The number of fused-ring (bicyclic) bond motifs is 1. The molecule has 0 saturated carbocycles. The molecule has 1 aliphatic heterocycles. The third-order valence-corrected chi connectivity index (χ3v) is 2.69. The molecule has 0 saturated heterocycles. The van der Waals surface area contributed by atoms with Crippen molar-refractivity contribution in [2.75, 3.05) is 0 Å². The van der Waals surface area contributed by atoms with Crippen molar-refractivity contribution in [3.63, 3.8) is 0 Å². The molecule has 0 fully saturated rings. The van der Waals surface area contributed by atoms with Gasteiger partial charge in [0.25, 0.3) is 5.79 Å². The summed E-state index contributed by atoms with van der Waals surface area (Å²) >= 11 is 0. The monoisotopic (exact) mass is 274 g/mol. The van der Waals surface area contributed by atoms with Gasteiger partial charge in [-0.3, -0.25) is 4.79 Å². The molecular formula is C15H14O5. The predicted octanol–water partition coefficient (Wildman–Crippen LogP) is 2.77. The zero-order chi connectivity index (χ0) is 14.3. The van der Waals surface area contributed by atoms with Gasteiger partial charge in [-0.05, 0) is 6.08 Å². The summed E-state index contributed by atoms with van der Waals surface area (Å²) in [7, 11) is 0. The highest BCUT2D eigenvalue weighted by Gasteiger charge is 2.40. The summed E-state index contributed by atoms with van der Waals surface area (Å²) in [6, 6.07) is 0. The van der Waals surface area contributed by atoms with Crippen LogP contribution < -0.4 is 0 Å². The summed E-state index contributed by atoms with van der Waals surface area (Å²) in [6.45, 7) is 0. The third-order valence-electron chi connectivity index (χ3n) is 2.69. The fourth-order valence-electron chi connectivity index (χ4n) is 1.79. The van der Waals surface area contributed by atoms with E-state index in [1.165, 1.54) is 6.08 Å². The predicted molar refractivity (Wildman–Crippen MR) is 72.0 cm³/mol. The van der Waals surface area contributed by atoms with Crippen LogP contribution in [0.2, 0.25) is 0 Å². The number of carbonyl (C=O) groups excluding carboxylic acids is 1. The molecule has 1 N–H and O–H groups in total. The van der Waals surface area contributed by atoms with Crippen molar-refractivity contribution in [3.8, 4) is 0 Å². The largest absolute Gasteiger partial charge is 0.422 e. The van der Waals surface area contributed by atoms with E-state index in [4.69, 9.17) is 14.9 Å². The van der Waals surface area contributed by atoms with Crippen LogP contribution in [0.3, 0.4) is 0 Å². The molecular weight excluding hydrogens is 260 g/mol. The molecule has 20 heavy (non-hydrogen) atoms. The SMILES string of the molecule is O=C1CC=C2C=CC=CC=CC=CC=CC2(OOO)O1. The van der Waals surface area contributed by atoms with Gasteiger partial charge >= 0.3 is 5.97 Å². The second kappa shape index (κ2) is 6.81. The zero-order valence-corrected chi connectivity index (χ0v) is 10.6. The van der Waals surface area contributed by atoms with Crippen molar-refractivity contribution in [1.29, 1.82) is 0 Å². The Morgan fingerprint density at radius 1 is 1.05 bits per heavy atom. The molecule has 1 atom stereocenters. The normalized spacial score (nSPS) is 25.4. The average Bonchev–Trinajstić information content (AvgIpc) is 2.41. The minimum absolute atomic E-state index is 0.128. The molecule has 0 spiro atoms. The maximum absolute atomic E-state index is 11.5. The summed E-state index contributed by atoms with van der Waals surface area (Å²) < 4.78 is 5.19. The van der Waals surface area contributed by atoms with E-state index >= 15 is 0 Å². The standard InChI is InChI=1S/C15H14O5/c16-14-11-10-13-9-7-5-3-1-2-4-6-8-12-15(13,18-14)19-20-17/h1-10,12,17H,11H2. The summed E-state index contributed by atoms with van der Waals surface area (Å²) in [5.74, 6) is -2.07. The lowest BCUT2D eigenvalue weighted by Gasteiger charge is -2.31. The maximum atomic E-state index is 11.5. The molecule has 0 aromatic heterocycles. The number of carbonyl (C=O) groups is 1. The van der Waals surface area contributed by atoms with Gasteiger partial charge in [0.15, 0.2) is 0 Å². The van der Waals surface area contributed by atoms with E-state index in [0.717, 1.165) is 0 Å². The van der Waals surface area contributed by atoms with E-state index in [-0.39, 0.29) is 6.42 Å². The van der Waals surface area contributed by atoms with E-state index in [0.29, 0.717) is 5.57 Å². The third kappa shape index (κ3) is 3.42. The Hall–Kier alpha value is -2.21. The Kier molecular flexibility index (Phi) is 4.84. The van der Waals surface area contributed by atoms with E-state index in [1.54, 1.807) is 36.5 Å². The lowest BCUT2D eigenvalue weighted by Crippen LogP contribution is -2.40. The molecule has 2 aliphatic rings. The van der Waals surface area contributed by atoms with E-state index in [9.17, 15) is 4.79 Å². The molecule has 5 heteroatoms. The molecule has 0 amide bonds. The molecule has 0 radical (unpaired) electrons. The number of hydrogen-bond donors (Lipinski definition) is 1. The van der Waals surface area contributed by atoms with Crippen molar-refractivity contribution < 1.29 is 24.7 Å². The van der Waals surface area contributed by atoms with Crippen molar-refractivity contribution in [1.82, 2.24) is 0 Å². The zero-order valence-electron chi connectivity index (χ0n) is 10.6. The molecule has 1 unspecified atom stereocenters. The van der Waals surface area contributed by atoms with Crippen LogP contribution >= 0.6 is 0 Å². The highest BCUT2D eigenvalue weighted by molar-refractivity contribution is 5.74. The average molecular weight is 274 g/mol. The minimum atomic E-state index is -1.60.